The van der Waals surface area contributed by atoms with Crippen LogP contribution in [0.15, 0.2) is 53.4 Å². The highest BCUT2D eigenvalue weighted by molar-refractivity contribution is 7.89. The van der Waals surface area contributed by atoms with Crippen LogP contribution in [0.3, 0.4) is 0 Å². The number of nitrogens with one attached hydrogen (secondary N) is 1. The van der Waals surface area contributed by atoms with Crippen LogP contribution >= 0.6 is 0 Å². The Kier molecular flexibility index (Phi) is 7.67. The highest BCUT2D eigenvalue weighted by Gasteiger charge is 2.26. The van der Waals surface area contributed by atoms with Gasteiger partial charge in [-0.05, 0) is 55.7 Å². The molecule has 1 amide bonds. The molecule has 0 unspecified atom stereocenters. The van der Waals surface area contributed by atoms with Gasteiger partial charge in [0.05, 0.1) is 4.90 Å². The smallest absolute Gasteiger partial charge is 0.251 e. The summed E-state index contributed by atoms with van der Waals surface area (Å²) < 4.78 is 27.4. The number of nitrogens with zero attached hydrogens (tertiary/aromatic N) is 3. The predicted octanol–water partition coefficient (Wildman–Crippen LogP) is 2.72. The van der Waals surface area contributed by atoms with Crippen molar-refractivity contribution in [1.29, 1.82) is 0 Å². The van der Waals surface area contributed by atoms with E-state index in [4.69, 9.17) is 0 Å². The Labute approximate surface area is 197 Å². The van der Waals surface area contributed by atoms with Crippen LogP contribution in [-0.2, 0) is 10.0 Å². The van der Waals surface area contributed by atoms with E-state index in [2.05, 4.69) is 46.3 Å². The molecule has 2 aliphatic rings. The van der Waals surface area contributed by atoms with Crippen molar-refractivity contribution in [2.45, 2.75) is 31.1 Å². The first-order valence-corrected chi connectivity index (χ1v) is 13.3. The van der Waals surface area contributed by atoms with Gasteiger partial charge in [-0.1, -0.05) is 24.6 Å². The van der Waals surface area contributed by atoms with Crippen LogP contribution in [0.2, 0.25) is 0 Å². The van der Waals surface area contributed by atoms with E-state index in [-0.39, 0.29) is 10.8 Å². The lowest BCUT2D eigenvalue weighted by atomic mass is 10.2. The van der Waals surface area contributed by atoms with Crippen LogP contribution in [0.5, 0.6) is 0 Å². The van der Waals surface area contributed by atoms with E-state index in [1.54, 1.807) is 18.2 Å². The molecule has 4 rings (SSSR count). The van der Waals surface area contributed by atoms with Crippen molar-refractivity contribution in [2.75, 3.05) is 57.3 Å². The van der Waals surface area contributed by atoms with Gasteiger partial charge in [0, 0.05) is 63.6 Å². The molecule has 0 bridgehead atoms. The van der Waals surface area contributed by atoms with Gasteiger partial charge in [-0.2, -0.15) is 4.31 Å². The molecule has 0 aliphatic carbocycles. The number of sulfonamides is 1. The van der Waals surface area contributed by atoms with E-state index in [1.165, 1.54) is 21.6 Å². The van der Waals surface area contributed by atoms with Crippen molar-refractivity contribution in [1.82, 2.24) is 14.5 Å². The molecule has 0 radical (unpaired) electrons. The van der Waals surface area contributed by atoms with Gasteiger partial charge >= 0.3 is 0 Å². The molecule has 2 aromatic rings. The van der Waals surface area contributed by atoms with Crippen LogP contribution in [-0.4, -0.2) is 75.9 Å². The Morgan fingerprint density at radius 2 is 1.64 bits per heavy atom. The number of carbonyl (C=O) groups excluding carboxylic acids is 1. The number of rotatable bonds is 7. The first-order valence-electron chi connectivity index (χ1n) is 11.9. The van der Waals surface area contributed by atoms with Crippen molar-refractivity contribution in [2.24, 2.45) is 0 Å². The van der Waals surface area contributed by atoms with Crippen LogP contribution < -0.4 is 10.2 Å². The first-order chi connectivity index (χ1) is 15.9. The molecule has 1 N–H and O–H groups in total. The zero-order chi connectivity index (χ0) is 23.3. The lowest BCUT2D eigenvalue weighted by molar-refractivity contribution is 0.0947. The number of amides is 1. The Hall–Kier alpha value is -2.42. The Morgan fingerprint density at radius 1 is 0.909 bits per heavy atom. The number of carbonyl (C=O) groups is 1. The summed E-state index contributed by atoms with van der Waals surface area (Å²) in [5.74, 6) is -0.232. The third-order valence-electron chi connectivity index (χ3n) is 6.50. The molecule has 0 aromatic heterocycles. The minimum atomic E-state index is -3.55. The third-order valence-corrected chi connectivity index (χ3v) is 8.40. The minimum absolute atomic E-state index is 0.198. The number of aryl methyl sites for hydroxylation is 1. The number of anilines is 1. The van der Waals surface area contributed by atoms with Gasteiger partial charge in [-0.3, -0.25) is 9.69 Å². The molecule has 7 nitrogen and oxygen atoms in total. The van der Waals surface area contributed by atoms with E-state index in [1.807, 2.05) is 0 Å². The topological polar surface area (TPSA) is 73.0 Å². The van der Waals surface area contributed by atoms with E-state index in [9.17, 15) is 13.2 Å². The average molecular weight is 471 g/mol. The first kappa shape index (κ1) is 23.7. The Bertz CT molecular complexity index is 1060. The van der Waals surface area contributed by atoms with E-state index < -0.39 is 10.0 Å². The van der Waals surface area contributed by atoms with Crippen molar-refractivity contribution in [3.8, 4) is 0 Å². The SMILES string of the molecule is Cc1cccc(N2CCN(CCNC(=O)c3cccc(S(=O)(=O)N4CCCCC4)c3)CC2)c1. The summed E-state index contributed by atoms with van der Waals surface area (Å²) in [4.78, 5) is 17.6. The van der Waals surface area contributed by atoms with Gasteiger partial charge in [0.1, 0.15) is 0 Å². The molecule has 33 heavy (non-hydrogen) atoms. The fourth-order valence-electron chi connectivity index (χ4n) is 4.54. The average Bonchev–Trinajstić information content (AvgIpc) is 2.85. The number of hydrogen-bond acceptors (Lipinski definition) is 5. The zero-order valence-electron chi connectivity index (χ0n) is 19.4. The van der Waals surface area contributed by atoms with Crippen molar-refractivity contribution in [3.05, 3.63) is 59.7 Å². The van der Waals surface area contributed by atoms with Gasteiger partial charge < -0.3 is 10.2 Å². The molecular weight excluding hydrogens is 436 g/mol. The Balaban J connectivity index is 1.26. The van der Waals surface area contributed by atoms with Crippen molar-refractivity contribution < 1.29 is 13.2 Å². The normalized spacial score (nSPS) is 18.3. The zero-order valence-corrected chi connectivity index (χ0v) is 20.2. The molecule has 8 heteroatoms. The van der Waals surface area contributed by atoms with Gasteiger partial charge in [-0.25, -0.2) is 8.42 Å². The Morgan fingerprint density at radius 3 is 2.36 bits per heavy atom. The molecule has 2 aromatic carbocycles. The lowest BCUT2D eigenvalue weighted by Gasteiger charge is -2.36. The quantitative estimate of drug-likeness (QED) is 0.674. The van der Waals surface area contributed by atoms with Crippen molar-refractivity contribution in [3.63, 3.8) is 0 Å². The van der Waals surface area contributed by atoms with E-state index >= 15 is 0 Å². The molecule has 0 atom stereocenters. The molecule has 2 aliphatic heterocycles. The summed E-state index contributed by atoms with van der Waals surface area (Å²) in [5.41, 5.74) is 2.92. The minimum Gasteiger partial charge on any atom is -0.369 e. The maximum absolute atomic E-state index is 12.9. The highest BCUT2D eigenvalue weighted by atomic mass is 32.2. The summed E-state index contributed by atoms with van der Waals surface area (Å²) >= 11 is 0. The van der Waals surface area contributed by atoms with Crippen LogP contribution in [0.25, 0.3) is 0 Å². The largest absolute Gasteiger partial charge is 0.369 e. The van der Waals surface area contributed by atoms with Crippen LogP contribution in [0.1, 0.15) is 35.2 Å². The second-order valence-electron chi connectivity index (χ2n) is 8.92. The second kappa shape index (κ2) is 10.7. The molecular formula is C25H34N4O3S. The predicted molar refractivity (Wildman–Crippen MR) is 131 cm³/mol. The lowest BCUT2D eigenvalue weighted by Crippen LogP contribution is -2.48. The molecule has 2 saturated heterocycles. The van der Waals surface area contributed by atoms with E-state index in [0.29, 0.717) is 25.2 Å². The second-order valence-corrected chi connectivity index (χ2v) is 10.9. The molecule has 178 valence electrons. The number of piperazine rings is 1. The summed E-state index contributed by atoms with van der Waals surface area (Å²) in [6, 6.07) is 15.0. The number of benzene rings is 2. The van der Waals surface area contributed by atoms with Crippen molar-refractivity contribution >= 4 is 21.6 Å². The van der Waals surface area contributed by atoms with Gasteiger partial charge in [0.15, 0.2) is 0 Å². The van der Waals surface area contributed by atoms with E-state index in [0.717, 1.165) is 52.0 Å². The maximum atomic E-state index is 12.9. The molecule has 2 heterocycles. The van der Waals surface area contributed by atoms with Gasteiger partial charge in [0.25, 0.3) is 5.91 Å². The summed E-state index contributed by atoms with van der Waals surface area (Å²) in [6.45, 7) is 8.36. The van der Waals surface area contributed by atoms with Crippen LogP contribution in [0.4, 0.5) is 5.69 Å². The monoisotopic (exact) mass is 470 g/mol. The summed E-state index contributed by atoms with van der Waals surface area (Å²) in [6.07, 6.45) is 2.84. The van der Waals surface area contributed by atoms with Gasteiger partial charge in [-0.15, -0.1) is 0 Å². The fourth-order valence-corrected chi connectivity index (χ4v) is 6.10. The number of piperidine rings is 1. The fraction of sp³-hybridized carbons (Fsp3) is 0.480. The van der Waals surface area contributed by atoms with Gasteiger partial charge in [0.2, 0.25) is 10.0 Å². The third kappa shape index (κ3) is 5.93. The highest BCUT2D eigenvalue weighted by Crippen LogP contribution is 2.21. The van der Waals surface area contributed by atoms with Crippen LogP contribution in [0, 0.1) is 6.92 Å². The standard InChI is InChI=1S/C25H34N4O3S/c1-21-7-5-9-23(19-21)28-17-15-27(16-18-28)14-11-26-25(30)22-8-6-10-24(20-22)33(31,32)29-12-3-2-4-13-29/h5-10,19-20H,2-4,11-18H2,1H3,(H,26,30). The summed E-state index contributed by atoms with van der Waals surface area (Å²) in [5, 5.41) is 2.95. The molecule has 2 fully saturated rings. The number of hydrogen-bond donors (Lipinski definition) is 1. The molecule has 0 spiro atoms. The maximum Gasteiger partial charge on any atom is 0.251 e. The molecule has 0 saturated carbocycles. The summed E-state index contributed by atoms with van der Waals surface area (Å²) in [7, 11) is -3.55.